The second-order valence-electron chi connectivity index (χ2n) is 16.2. The first-order valence-electron chi connectivity index (χ1n) is 16.9. The van der Waals surface area contributed by atoms with E-state index < -0.39 is 57.7 Å². The van der Waals surface area contributed by atoms with Gasteiger partial charge in [-0.15, -0.1) is 0 Å². The number of ether oxygens (including phenoxy) is 5. The highest BCUT2D eigenvalue weighted by atomic mass is 16.6. The number of epoxide rings is 1. The largest absolute Gasteiger partial charge is 0.472 e. The molecule has 10 nitrogen and oxygen atoms in total. The summed E-state index contributed by atoms with van der Waals surface area (Å²) in [5, 5.41) is 0. The van der Waals surface area contributed by atoms with E-state index in [-0.39, 0.29) is 54.1 Å². The zero-order valence-electron chi connectivity index (χ0n) is 28.8. The summed E-state index contributed by atoms with van der Waals surface area (Å²) in [6, 6.07) is 1.96. The van der Waals surface area contributed by atoms with Crippen molar-refractivity contribution in [3.63, 3.8) is 0 Å². The zero-order chi connectivity index (χ0) is 33.8. The fraction of sp³-hybridized carbons (Fsp3) is 0.778. The molecule has 11 atom stereocenters. The molecule has 2 aliphatic heterocycles. The highest BCUT2D eigenvalue weighted by Gasteiger charge is 2.90. The summed E-state index contributed by atoms with van der Waals surface area (Å²) in [7, 11) is 0. The first-order chi connectivity index (χ1) is 21.3. The first kappa shape index (κ1) is 33.0. The van der Waals surface area contributed by atoms with E-state index in [0.717, 1.165) is 5.56 Å². The molecule has 3 aliphatic carbocycles. The van der Waals surface area contributed by atoms with E-state index in [9.17, 15) is 19.2 Å². The number of carbonyl (C=O) groups excluding carboxylic acids is 4. The summed E-state index contributed by atoms with van der Waals surface area (Å²) in [5.41, 5.74) is -3.21. The van der Waals surface area contributed by atoms with E-state index in [4.69, 9.17) is 28.1 Å². The molecular weight excluding hydrogens is 592 g/mol. The van der Waals surface area contributed by atoms with Crippen LogP contribution in [0.15, 0.2) is 23.0 Å². The SMILES string of the molecule is CC(=O)O[C@H]1CC(=O)OC(C)(C)[C@@H]2C[C@H](OC(=O)C(C)C)[C@@]3(C)[C@H](C[C@@H](OC(=O)C(C)C)[C@@]4(C)[C@H](c5ccoc5)C[C@@H]5O[C@]534)[C@]12C. The Balaban J connectivity index is 1.60. The molecule has 0 radical (unpaired) electrons. The molecule has 3 heterocycles. The molecule has 2 saturated heterocycles. The highest BCUT2D eigenvalue weighted by Crippen LogP contribution is 2.82. The summed E-state index contributed by atoms with van der Waals surface area (Å²) in [6.45, 7) is 18.8. The molecule has 0 unspecified atom stereocenters. The van der Waals surface area contributed by atoms with Crippen LogP contribution in [0.3, 0.4) is 0 Å². The van der Waals surface area contributed by atoms with Gasteiger partial charge in [-0.1, -0.05) is 48.5 Å². The molecule has 1 aromatic heterocycles. The second kappa shape index (κ2) is 10.6. The van der Waals surface area contributed by atoms with E-state index in [1.165, 1.54) is 6.92 Å². The molecule has 0 aromatic carbocycles. The lowest BCUT2D eigenvalue weighted by molar-refractivity contribution is -0.285. The molecule has 46 heavy (non-hydrogen) atoms. The number of cyclic esters (lactones) is 1. The third-order valence-electron chi connectivity index (χ3n) is 12.9. The lowest BCUT2D eigenvalue weighted by atomic mass is 9.37. The molecule has 5 fully saturated rings. The lowest BCUT2D eigenvalue weighted by Gasteiger charge is -2.68. The van der Waals surface area contributed by atoms with E-state index in [1.807, 2.05) is 47.6 Å². The molecule has 254 valence electrons. The Morgan fingerprint density at radius 3 is 1.96 bits per heavy atom. The van der Waals surface area contributed by atoms with E-state index in [1.54, 1.807) is 12.5 Å². The Morgan fingerprint density at radius 1 is 0.826 bits per heavy atom. The van der Waals surface area contributed by atoms with Gasteiger partial charge in [0.2, 0.25) is 0 Å². The minimum Gasteiger partial charge on any atom is -0.472 e. The number of fused-ring (bicyclic) bond motifs is 3. The van der Waals surface area contributed by atoms with Gasteiger partial charge in [-0.05, 0) is 50.7 Å². The van der Waals surface area contributed by atoms with E-state index in [0.29, 0.717) is 19.3 Å². The van der Waals surface area contributed by atoms with Crippen molar-refractivity contribution in [3.8, 4) is 0 Å². The average Bonchev–Trinajstić information content (AvgIpc) is 3.32. The van der Waals surface area contributed by atoms with Crippen molar-refractivity contribution in [3.05, 3.63) is 24.2 Å². The predicted molar refractivity (Wildman–Crippen MR) is 164 cm³/mol. The third-order valence-corrected chi connectivity index (χ3v) is 12.9. The Kier molecular flexibility index (Phi) is 7.58. The Labute approximate surface area is 271 Å². The van der Waals surface area contributed by atoms with Gasteiger partial charge in [0.05, 0.1) is 36.9 Å². The maximum atomic E-state index is 13.5. The van der Waals surface area contributed by atoms with Crippen molar-refractivity contribution in [2.75, 3.05) is 0 Å². The smallest absolute Gasteiger partial charge is 0.310 e. The van der Waals surface area contributed by atoms with Gasteiger partial charge in [0.1, 0.15) is 29.5 Å². The van der Waals surface area contributed by atoms with Crippen molar-refractivity contribution >= 4 is 23.9 Å². The molecule has 1 aromatic rings. The normalized spacial score (nSPS) is 43.7. The summed E-state index contributed by atoms with van der Waals surface area (Å²) in [5.74, 6) is -3.09. The molecule has 1 spiro atoms. The summed E-state index contributed by atoms with van der Waals surface area (Å²) >= 11 is 0. The van der Waals surface area contributed by atoms with Crippen LogP contribution in [0.2, 0.25) is 0 Å². The molecule has 0 bridgehead atoms. The fourth-order valence-electron chi connectivity index (χ4n) is 10.9. The summed E-state index contributed by atoms with van der Waals surface area (Å²) in [4.78, 5) is 52.9. The number of rotatable bonds is 6. The van der Waals surface area contributed by atoms with Crippen LogP contribution in [-0.2, 0) is 42.9 Å². The minimum absolute atomic E-state index is 0.0560. The van der Waals surface area contributed by atoms with Crippen LogP contribution in [-0.4, -0.2) is 59.5 Å². The van der Waals surface area contributed by atoms with Crippen LogP contribution < -0.4 is 0 Å². The number of esters is 4. The Morgan fingerprint density at radius 2 is 1.41 bits per heavy atom. The monoisotopic (exact) mass is 642 g/mol. The van der Waals surface area contributed by atoms with E-state index >= 15 is 0 Å². The van der Waals surface area contributed by atoms with Crippen LogP contribution >= 0.6 is 0 Å². The van der Waals surface area contributed by atoms with Gasteiger partial charge in [0, 0.05) is 35.0 Å². The lowest BCUT2D eigenvalue weighted by Crippen LogP contribution is -2.74. The number of carbonyl (C=O) groups is 4. The third kappa shape index (κ3) is 4.30. The number of hydrogen-bond acceptors (Lipinski definition) is 10. The number of hydrogen-bond donors (Lipinski definition) is 0. The van der Waals surface area contributed by atoms with Gasteiger partial charge in [0.25, 0.3) is 0 Å². The van der Waals surface area contributed by atoms with Gasteiger partial charge >= 0.3 is 23.9 Å². The van der Waals surface area contributed by atoms with Crippen LogP contribution in [0.1, 0.15) is 106 Å². The summed E-state index contributed by atoms with van der Waals surface area (Å²) < 4.78 is 37.7. The Hall–Kier alpha value is -2.88. The van der Waals surface area contributed by atoms with Crippen molar-refractivity contribution in [2.45, 2.75) is 136 Å². The molecule has 6 rings (SSSR count). The topological polar surface area (TPSA) is 131 Å². The van der Waals surface area contributed by atoms with Crippen molar-refractivity contribution < 1.29 is 47.3 Å². The minimum atomic E-state index is -0.980. The van der Waals surface area contributed by atoms with Crippen LogP contribution in [0, 0.1) is 39.9 Å². The second-order valence-corrected chi connectivity index (χ2v) is 16.2. The number of furan rings is 1. The van der Waals surface area contributed by atoms with Gasteiger partial charge in [0.15, 0.2) is 0 Å². The maximum absolute atomic E-state index is 13.5. The Bertz CT molecular complexity index is 1410. The molecule has 0 N–H and O–H groups in total. The standard InChI is InChI=1S/C36H50O10/c1-18(2)30(39)43-26-15-24-33(8)23(32(6,7)46-29(38)16-25(33)42-20(5)37)14-27(44-31(40)19(3)4)35(24,10)36-28(45-36)13-22(34(26,36)9)21-11-12-41-17-21/h11-12,17-19,22-28H,13-16H2,1-10H3/t22-,23-,24+,25-,26+,27-,28-,33+,34+,35+,36-/m0/s1. The van der Waals surface area contributed by atoms with Gasteiger partial charge < -0.3 is 28.1 Å². The van der Waals surface area contributed by atoms with Crippen LogP contribution in [0.25, 0.3) is 0 Å². The molecule has 0 amide bonds. The van der Waals surface area contributed by atoms with Crippen molar-refractivity contribution in [2.24, 2.45) is 39.9 Å². The quantitative estimate of drug-likeness (QED) is 0.215. The molecule has 10 heteroatoms. The maximum Gasteiger partial charge on any atom is 0.310 e. The van der Waals surface area contributed by atoms with Gasteiger partial charge in [-0.2, -0.15) is 0 Å². The van der Waals surface area contributed by atoms with Crippen molar-refractivity contribution in [1.29, 1.82) is 0 Å². The van der Waals surface area contributed by atoms with E-state index in [2.05, 4.69) is 20.8 Å². The molecular formula is C36H50O10. The fourth-order valence-corrected chi connectivity index (χ4v) is 10.9. The van der Waals surface area contributed by atoms with Crippen LogP contribution in [0.4, 0.5) is 0 Å². The summed E-state index contributed by atoms with van der Waals surface area (Å²) in [6.07, 6.45) is 2.53. The highest BCUT2D eigenvalue weighted by molar-refractivity contribution is 5.74. The van der Waals surface area contributed by atoms with Crippen LogP contribution in [0.5, 0.6) is 0 Å². The van der Waals surface area contributed by atoms with Gasteiger partial charge in [-0.3, -0.25) is 19.2 Å². The van der Waals surface area contributed by atoms with Gasteiger partial charge in [-0.25, -0.2) is 0 Å². The zero-order valence-corrected chi connectivity index (χ0v) is 28.8. The average molecular weight is 643 g/mol. The predicted octanol–water partition coefficient (Wildman–Crippen LogP) is 5.76. The molecule has 5 aliphatic rings. The first-order valence-corrected chi connectivity index (χ1v) is 16.9. The molecule has 3 saturated carbocycles. The van der Waals surface area contributed by atoms with Crippen molar-refractivity contribution in [1.82, 2.24) is 0 Å².